The Morgan fingerprint density at radius 3 is 1.47 bits per heavy atom. The number of fused-ring (bicyclic) bond motifs is 6. The van der Waals surface area contributed by atoms with Crippen LogP contribution < -0.4 is 4.90 Å². The molecule has 10 aromatic rings. The molecule has 2 nitrogen and oxygen atoms in total. The summed E-state index contributed by atoms with van der Waals surface area (Å²) in [6.07, 6.45) is 0. The van der Waals surface area contributed by atoms with E-state index in [1.165, 1.54) is 77.4 Å². The Kier molecular flexibility index (Phi) is 8.20. The summed E-state index contributed by atoms with van der Waals surface area (Å²) in [4.78, 5) is 2.43. The molecule has 0 unspecified atom stereocenters. The number of benzene rings is 9. The molecular weight excluding hydrogens is 713 g/mol. The van der Waals surface area contributed by atoms with Crippen LogP contribution >= 0.6 is 0 Å². The van der Waals surface area contributed by atoms with Crippen molar-refractivity contribution in [3.63, 3.8) is 0 Å². The van der Waals surface area contributed by atoms with E-state index in [0.717, 1.165) is 22.7 Å². The van der Waals surface area contributed by atoms with Crippen LogP contribution in [0.5, 0.6) is 0 Å². The van der Waals surface area contributed by atoms with Crippen LogP contribution in [-0.2, 0) is 5.41 Å². The maximum Gasteiger partial charge on any atom is 0.0541 e. The van der Waals surface area contributed by atoms with Crippen molar-refractivity contribution in [2.24, 2.45) is 0 Å². The molecule has 0 radical (unpaired) electrons. The number of hydrogen-bond donors (Lipinski definition) is 0. The van der Waals surface area contributed by atoms with Crippen LogP contribution in [-0.4, -0.2) is 4.57 Å². The predicted molar refractivity (Wildman–Crippen MR) is 249 cm³/mol. The second kappa shape index (κ2) is 13.9. The maximum atomic E-state index is 2.43. The van der Waals surface area contributed by atoms with Gasteiger partial charge >= 0.3 is 0 Å². The topological polar surface area (TPSA) is 8.17 Å². The first-order valence-electron chi connectivity index (χ1n) is 20.5. The van der Waals surface area contributed by atoms with Gasteiger partial charge in [0.1, 0.15) is 0 Å². The molecule has 2 heteroatoms. The molecule has 1 heterocycles. The van der Waals surface area contributed by atoms with Gasteiger partial charge in [0.15, 0.2) is 0 Å². The fraction of sp³-hybridized carbons (Fsp3) is 0.0526. The van der Waals surface area contributed by atoms with Gasteiger partial charge in [-0.25, -0.2) is 0 Å². The molecule has 11 rings (SSSR count). The van der Waals surface area contributed by atoms with E-state index in [1.807, 2.05) is 0 Å². The first-order valence-corrected chi connectivity index (χ1v) is 20.5. The Hall–Kier alpha value is -7.42. The monoisotopic (exact) mass is 754 g/mol. The van der Waals surface area contributed by atoms with Gasteiger partial charge in [-0.2, -0.15) is 0 Å². The molecule has 0 saturated carbocycles. The Balaban J connectivity index is 0.927. The van der Waals surface area contributed by atoms with Crippen LogP contribution in [0.1, 0.15) is 25.0 Å². The summed E-state index contributed by atoms with van der Waals surface area (Å²) in [5.41, 5.74) is 19.5. The van der Waals surface area contributed by atoms with E-state index in [4.69, 9.17) is 0 Å². The van der Waals surface area contributed by atoms with Crippen LogP contribution in [0.3, 0.4) is 0 Å². The minimum absolute atomic E-state index is 0.100. The maximum absolute atomic E-state index is 2.43. The van der Waals surface area contributed by atoms with Crippen molar-refractivity contribution in [2.75, 3.05) is 4.90 Å². The third-order valence-electron chi connectivity index (χ3n) is 12.4. The Labute approximate surface area is 345 Å². The summed E-state index contributed by atoms with van der Waals surface area (Å²) in [5.74, 6) is 0. The minimum Gasteiger partial charge on any atom is -0.310 e. The number of aromatic nitrogens is 1. The van der Waals surface area contributed by atoms with E-state index in [9.17, 15) is 0 Å². The molecule has 59 heavy (non-hydrogen) atoms. The Morgan fingerprint density at radius 2 is 0.831 bits per heavy atom. The van der Waals surface area contributed by atoms with Crippen molar-refractivity contribution in [1.29, 1.82) is 0 Å². The highest BCUT2D eigenvalue weighted by molar-refractivity contribution is 6.09. The van der Waals surface area contributed by atoms with E-state index < -0.39 is 0 Å². The lowest BCUT2D eigenvalue weighted by Crippen LogP contribution is -2.16. The zero-order valence-corrected chi connectivity index (χ0v) is 33.2. The molecule has 0 atom stereocenters. The molecule has 0 saturated heterocycles. The molecule has 1 aromatic heterocycles. The van der Waals surface area contributed by atoms with Crippen molar-refractivity contribution in [1.82, 2.24) is 4.57 Å². The second-order valence-electron chi connectivity index (χ2n) is 16.2. The fourth-order valence-corrected chi connectivity index (χ4v) is 9.45. The van der Waals surface area contributed by atoms with E-state index in [-0.39, 0.29) is 5.41 Å². The van der Waals surface area contributed by atoms with Gasteiger partial charge in [-0.15, -0.1) is 0 Å². The molecular formula is C57H42N2. The zero-order valence-electron chi connectivity index (χ0n) is 33.2. The summed E-state index contributed by atoms with van der Waals surface area (Å²) >= 11 is 0. The Morgan fingerprint density at radius 1 is 0.356 bits per heavy atom. The molecule has 0 amide bonds. The van der Waals surface area contributed by atoms with E-state index in [2.05, 4.69) is 242 Å². The standard InChI is InChI=1S/C57H42N2/c1-57(2)52-20-10-6-17-48(52)49-37-36-46(38-53(49)57)58(54-21-11-7-16-47(54)43-14-4-3-5-15-43)44-32-28-41(29-33-44)39-24-26-40(27-25-39)42-30-34-45(35-31-42)59-55-22-12-8-18-50(55)51-19-9-13-23-56(51)59/h3-38H,1-2H3. The highest BCUT2D eigenvalue weighted by Crippen LogP contribution is 2.51. The first-order chi connectivity index (χ1) is 29.0. The minimum atomic E-state index is -0.100. The molecule has 1 aliphatic carbocycles. The van der Waals surface area contributed by atoms with E-state index in [1.54, 1.807) is 0 Å². The predicted octanol–water partition coefficient (Wildman–Crippen LogP) is 15.6. The van der Waals surface area contributed by atoms with Crippen LogP contribution in [0.25, 0.3) is 72.0 Å². The SMILES string of the molecule is CC1(C)c2ccccc2-c2ccc(N(c3ccc(-c4ccc(-c5ccc(-n6c7ccccc7c7ccccc76)cc5)cc4)cc3)c3ccccc3-c3ccccc3)cc21. The lowest BCUT2D eigenvalue weighted by molar-refractivity contribution is 0.660. The van der Waals surface area contributed by atoms with Gasteiger partial charge in [0.05, 0.1) is 16.7 Å². The van der Waals surface area contributed by atoms with Gasteiger partial charge < -0.3 is 9.47 Å². The number of anilines is 3. The van der Waals surface area contributed by atoms with Gasteiger partial charge in [0.25, 0.3) is 0 Å². The summed E-state index contributed by atoms with van der Waals surface area (Å²) < 4.78 is 2.37. The quantitative estimate of drug-likeness (QED) is 0.157. The van der Waals surface area contributed by atoms with Gasteiger partial charge in [0, 0.05) is 38.8 Å². The van der Waals surface area contributed by atoms with E-state index >= 15 is 0 Å². The second-order valence-corrected chi connectivity index (χ2v) is 16.2. The molecule has 0 bridgehead atoms. The van der Waals surface area contributed by atoms with Gasteiger partial charge in [-0.05, 0) is 105 Å². The lowest BCUT2D eigenvalue weighted by Gasteiger charge is -2.30. The average Bonchev–Trinajstić information content (AvgIpc) is 3.75. The van der Waals surface area contributed by atoms with Crippen LogP contribution in [0.4, 0.5) is 17.1 Å². The smallest absolute Gasteiger partial charge is 0.0541 e. The zero-order chi connectivity index (χ0) is 39.5. The summed E-state index contributed by atoms with van der Waals surface area (Å²) in [7, 11) is 0. The van der Waals surface area contributed by atoms with Crippen molar-refractivity contribution >= 4 is 38.9 Å². The summed E-state index contributed by atoms with van der Waals surface area (Å²) in [5, 5.41) is 2.55. The van der Waals surface area contributed by atoms with Crippen molar-refractivity contribution in [3.8, 4) is 50.2 Å². The van der Waals surface area contributed by atoms with Crippen molar-refractivity contribution < 1.29 is 0 Å². The van der Waals surface area contributed by atoms with Crippen molar-refractivity contribution in [3.05, 3.63) is 230 Å². The largest absolute Gasteiger partial charge is 0.310 e. The molecule has 280 valence electrons. The molecule has 0 spiro atoms. The molecule has 0 N–H and O–H groups in total. The van der Waals surface area contributed by atoms with Crippen LogP contribution in [0, 0.1) is 0 Å². The molecule has 0 aliphatic heterocycles. The Bertz CT molecular complexity index is 3100. The van der Waals surface area contributed by atoms with Gasteiger partial charge in [0.2, 0.25) is 0 Å². The summed E-state index contributed by atoms with van der Waals surface area (Å²) in [6, 6.07) is 79.7. The summed E-state index contributed by atoms with van der Waals surface area (Å²) in [6.45, 7) is 4.71. The number of nitrogens with zero attached hydrogens (tertiary/aromatic N) is 2. The highest BCUT2D eigenvalue weighted by Gasteiger charge is 2.36. The molecule has 9 aromatic carbocycles. The van der Waals surface area contributed by atoms with E-state index in [0.29, 0.717) is 0 Å². The van der Waals surface area contributed by atoms with Gasteiger partial charge in [-0.3, -0.25) is 0 Å². The number of para-hydroxylation sites is 3. The van der Waals surface area contributed by atoms with Crippen molar-refractivity contribution in [2.45, 2.75) is 19.3 Å². The van der Waals surface area contributed by atoms with Gasteiger partial charge in [-0.1, -0.05) is 178 Å². The molecule has 1 aliphatic rings. The lowest BCUT2D eigenvalue weighted by atomic mass is 9.82. The third kappa shape index (κ3) is 5.79. The van der Waals surface area contributed by atoms with Crippen LogP contribution in [0.15, 0.2) is 218 Å². The highest BCUT2D eigenvalue weighted by atomic mass is 15.1. The number of rotatable bonds is 7. The average molecular weight is 755 g/mol. The third-order valence-corrected chi connectivity index (χ3v) is 12.4. The first kappa shape index (κ1) is 34.8. The fourth-order valence-electron chi connectivity index (χ4n) is 9.45. The normalized spacial score (nSPS) is 12.7. The van der Waals surface area contributed by atoms with Crippen LogP contribution in [0.2, 0.25) is 0 Å². The number of hydrogen-bond acceptors (Lipinski definition) is 1. The molecule has 0 fully saturated rings.